The van der Waals surface area contributed by atoms with E-state index >= 15 is 0 Å². The van der Waals surface area contributed by atoms with Crippen molar-refractivity contribution in [2.75, 3.05) is 59.8 Å². The SMILES string of the molecule is CCCCCCCS(=N)(=O)c1ccc(NC(=O)c2cc(N3CCCN(C(=O)OC(C)(C)C)CC3)ccc2N(C)S(C)(=O)=O)cc1. The van der Waals surface area contributed by atoms with Crippen LogP contribution in [-0.4, -0.2) is 80.4 Å². The number of unbranched alkanes of at least 4 members (excludes halogenated alkanes) is 4. The Kier molecular flexibility index (Phi) is 12.3. The highest BCUT2D eigenvalue weighted by atomic mass is 32.2. The number of hydrogen-bond donors (Lipinski definition) is 2. The van der Waals surface area contributed by atoms with Crippen molar-refractivity contribution in [1.82, 2.24) is 4.90 Å². The maximum absolute atomic E-state index is 13.6. The lowest BCUT2D eigenvalue weighted by molar-refractivity contribution is 0.0263. The number of nitrogens with zero attached hydrogens (tertiary/aromatic N) is 3. The average Bonchev–Trinajstić information content (AvgIpc) is 3.22. The van der Waals surface area contributed by atoms with Crippen LogP contribution in [0.15, 0.2) is 47.4 Å². The lowest BCUT2D eigenvalue weighted by Crippen LogP contribution is -2.39. The van der Waals surface area contributed by atoms with Crippen LogP contribution in [0.5, 0.6) is 0 Å². The highest BCUT2D eigenvalue weighted by molar-refractivity contribution is 7.92. The third-order valence-electron chi connectivity index (χ3n) is 7.60. The van der Waals surface area contributed by atoms with Gasteiger partial charge >= 0.3 is 6.09 Å². The van der Waals surface area contributed by atoms with Gasteiger partial charge in [-0.1, -0.05) is 32.6 Å². The van der Waals surface area contributed by atoms with E-state index in [1.54, 1.807) is 47.4 Å². The predicted octanol–water partition coefficient (Wildman–Crippen LogP) is 6.16. The number of benzene rings is 2. The van der Waals surface area contributed by atoms with Crippen molar-refractivity contribution in [3.05, 3.63) is 48.0 Å². The van der Waals surface area contributed by atoms with Crippen molar-refractivity contribution in [2.24, 2.45) is 0 Å². The van der Waals surface area contributed by atoms with Crippen LogP contribution in [0.1, 0.15) is 76.6 Å². The van der Waals surface area contributed by atoms with Crippen LogP contribution in [0.25, 0.3) is 0 Å². The number of carbonyl (C=O) groups is 2. The van der Waals surface area contributed by atoms with Gasteiger partial charge in [-0.25, -0.2) is 22.2 Å². The third-order valence-corrected chi connectivity index (χ3v) is 10.7. The molecule has 0 spiro atoms. The first-order valence-electron chi connectivity index (χ1n) is 15.5. The quantitative estimate of drug-likeness (QED) is 0.259. The fraction of sp³-hybridized carbons (Fsp3) is 0.562. The molecule has 2 aromatic carbocycles. The molecule has 1 aliphatic heterocycles. The summed E-state index contributed by atoms with van der Waals surface area (Å²) in [6.45, 7) is 9.73. The number of ether oxygens (including phenoxy) is 1. The minimum atomic E-state index is -3.67. The molecule has 45 heavy (non-hydrogen) atoms. The second-order valence-corrected chi connectivity index (χ2v) is 16.8. The highest BCUT2D eigenvalue weighted by Gasteiger charge is 2.26. The molecule has 1 unspecified atom stereocenters. The van der Waals surface area contributed by atoms with Crippen molar-refractivity contribution in [3.63, 3.8) is 0 Å². The molecule has 250 valence electrons. The molecule has 0 bridgehead atoms. The fourth-order valence-electron chi connectivity index (χ4n) is 5.02. The van der Waals surface area contributed by atoms with E-state index in [0.29, 0.717) is 48.9 Å². The van der Waals surface area contributed by atoms with Crippen LogP contribution in [0, 0.1) is 4.78 Å². The molecule has 13 heteroatoms. The van der Waals surface area contributed by atoms with Gasteiger partial charge in [0.05, 0.1) is 27.2 Å². The van der Waals surface area contributed by atoms with Gasteiger partial charge in [0, 0.05) is 55.2 Å². The summed E-state index contributed by atoms with van der Waals surface area (Å²) in [5, 5.41) is 2.83. The van der Waals surface area contributed by atoms with E-state index in [1.807, 2.05) is 20.8 Å². The summed E-state index contributed by atoms with van der Waals surface area (Å²) in [5.74, 6) is -0.217. The average molecular weight is 664 g/mol. The Labute approximate surface area is 269 Å². The summed E-state index contributed by atoms with van der Waals surface area (Å²) in [5.41, 5.74) is 0.941. The standard InChI is InChI=1S/C32H49N5O6S2/c1-7-8-9-10-11-23-45(33,42)27-16-13-25(14-17-27)34-30(38)28-24-26(15-18-29(28)35(5)44(6,40)41)36-19-12-20-37(22-21-36)31(39)43-32(2,3)4/h13-18,24,33H,7-12,19-23H2,1-6H3,(H,34,38). The van der Waals surface area contributed by atoms with Gasteiger partial charge in [-0.15, -0.1) is 0 Å². The Morgan fingerprint density at radius 3 is 2.24 bits per heavy atom. The van der Waals surface area contributed by atoms with Crippen LogP contribution >= 0.6 is 0 Å². The molecule has 2 amide bonds. The summed E-state index contributed by atoms with van der Waals surface area (Å²) in [4.78, 5) is 30.4. The summed E-state index contributed by atoms with van der Waals surface area (Å²) in [6, 6.07) is 11.5. The maximum atomic E-state index is 13.6. The topological polar surface area (TPSA) is 140 Å². The Hall–Kier alpha value is -3.32. The van der Waals surface area contributed by atoms with E-state index in [2.05, 4.69) is 17.1 Å². The number of rotatable bonds is 12. The van der Waals surface area contributed by atoms with Gasteiger partial charge in [0.2, 0.25) is 10.0 Å². The van der Waals surface area contributed by atoms with E-state index in [1.165, 1.54) is 7.05 Å². The Bertz CT molecular complexity index is 1540. The van der Waals surface area contributed by atoms with Gasteiger partial charge in [0.15, 0.2) is 0 Å². The van der Waals surface area contributed by atoms with Crippen molar-refractivity contribution in [2.45, 2.75) is 76.7 Å². The molecule has 1 atom stereocenters. The van der Waals surface area contributed by atoms with E-state index in [9.17, 15) is 22.2 Å². The molecule has 3 rings (SSSR count). The number of amides is 2. The number of anilines is 3. The normalized spacial score (nSPS) is 15.6. The predicted molar refractivity (Wildman–Crippen MR) is 181 cm³/mol. The van der Waals surface area contributed by atoms with E-state index in [4.69, 9.17) is 9.52 Å². The molecular formula is C32H49N5O6S2. The van der Waals surface area contributed by atoms with Gasteiger partial charge in [0.25, 0.3) is 5.91 Å². The number of hydrogen-bond acceptors (Lipinski definition) is 8. The van der Waals surface area contributed by atoms with Gasteiger partial charge in [0.1, 0.15) is 5.60 Å². The molecule has 0 saturated carbocycles. The van der Waals surface area contributed by atoms with Gasteiger partial charge < -0.3 is 19.9 Å². The summed E-state index contributed by atoms with van der Waals surface area (Å²) < 4.78 is 52.9. The van der Waals surface area contributed by atoms with Gasteiger partial charge in [-0.05, 0) is 76.1 Å². The summed E-state index contributed by atoms with van der Waals surface area (Å²) in [7, 11) is -5.21. The summed E-state index contributed by atoms with van der Waals surface area (Å²) in [6.07, 6.45) is 6.38. The van der Waals surface area contributed by atoms with Crippen molar-refractivity contribution >= 4 is 48.8 Å². The lowest BCUT2D eigenvalue weighted by Gasteiger charge is -2.27. The number of carbonyl (C=O) groups excluding carboxylic acids is 2. The molecule has 11 nitrogen and oxygen atoms in total. The van der Waals surface area contributed by atoms with Gasteiger partial charge in [-0.2, -0.15) is 0 Å². The van der Waals surface area contributed by atoms with E-state index in [-0.39, 0.29) is 17.3 Å². The molecule has 1 aliphatic rings. The largest absolute Gasteiger partial charge is 0.444 e. The van der Waals surface area contributed by atoms with Crippen LogP contribution in [0.4, 0.5) is 21.9 Å². The van der Waals surface area contributed by atoms with Crippen LogP contribution in [-0.2, 0) is 24.5 Å². The summed E-state index contributed by atoms with van der Waals surface area (Å²) >= 11 is 0. The Morgan fingerprint density at radius 1 is 0.956 bits per heavy atom. The van der Waals surface area contributed by atoms with Crippen LogP contribution in [0.2, 0.25) is 0 Å². The monoisotopic (exact) mass is 663 g/mol. The zero-order valence-corrected chi connectivity index (χ0v) is 29.1. The highest BCUT2D eigenvalue weighted by Crippen LogP contribution is 2.29. The number of nitrogens with one attached hydrogen (secondary N) is 2. The third kappa shape index (κ3) is 10.6. The molecule has 0 aromatic heterocycles. The van der Waals surface area contributed by atoms with E-state index < -0.39 is 31.3 Å². The van der Waals surface area contributed by atoms with Gasteiger partial charge in [-0.3, -0.25) is 9.10 Å². The molecular weight excluding hydrogens is 615 g/mol. The number of sulfonamides is 1. The minimum absolute atomic E-state index is 0.161. The van der Waals surface area contributed by atoms with Crippen LogP contribution in [0.3, 0.4) is 0 Å². The van der Waals surface area contributed by atoms with Crippen molar-refractivity contribution in [3.8, 4) is 0 Å². The lowest BCUT2D eigenvalue weighted by atomic mass is 10.1. The van der Waals surface area contributed by atoms with Crippen molar-refractivity contribution in [1.29, 1.82) is 4.78 Å². The molecule has 2 aromatic rings. The first-order valence-corrected chi connectivity index (χ1v) is 19.1. The molecule has 0 radical (unpaired) electrons. The zero-order valence-electron chi connectivity index (χ0n) is 27.4. The van der Waals surface area contributed by atoms with E-state index in [0.717, 1.165) is 48.4 Å². The Balaban J connectivity index is 1.80. The second-order valence-electron chi connectivity index (χ2n) is 12.5. The molecule has 1 fully saturated rings. The minimum Gasteiger partial charge on any atom is -0.444 e. The molecule has 2 N–H and O–H groups in total. The second kappa shape index (κ2) is 15.3. The zero-order chi connectivity index (χ0) is 33.4. The maximum Gasteiger partial charge on any atom is 0.410 e. The van der Waals surface area contributed by atoms with Crippen molar-refractivity contribution < 1.29 is 27.0 Å². The van der Waals surface area contributed by atoms with Crippen LogP contribution < -0.4 is 14.5 Å². The first kappa shape index (κ1) is 36.2. The first-order chi connectivity index (χ1) is 21.0. The molecule has 1 heterocycles. The fourth-order valence-corrected chi connectivity index (χ4v) is 6.96. The molecule has 1 saturated heterocycles. The smallest absolute Gasteiger partial charge is 0.410 e. The molecule has 0 aliphatic carbocycles. The Morgan fingerprint density at radius 2 is 1.62 bits per heavy atom.